The lowest BCUT2D eigenvalue weighted by molar-refractivity contribution is 0.327. The van der Waals surface area contributed by atoms with Gasteiger partial charge in [-0.2, -0.15) is 4.31 Å². The number of imidazole rings is 1. The molecule has 38 heavy (non-hydrogen) atoms. The van der Waals surface area contributed by atoms with Gasteiger partial charge in [0.1, 0.15) is 5.75 Å². The number of sulfonamides is 1. The number of fused-ring (bicyclic) bond motifs is 1. The summed E-state index contributed by atoms with van der Waals surface area (Å²) in [4.78, 5) is 5.97. The van der Waals surface area contributed by atoms with Gasteiger partial charge in [0.15, 0.2) is 4.96 Å². The lowest BCUT2D eigenvalue weighted by Gasteiger charge is -2.33. The Bertz CT molecular complexity index is 1710. The van der Waals surface area contributed by atoms with Crippen LogP contribution in [0.25, 0.3) is 27.5 Å². The number of phenols is 1. The van der Waals surface area contributed by atoms with Crippen LogP contribution in [0.1, 0.15) is 12.8 Å². The molecule has 2 N–H and O–H groups in total. The van der Waals surface area contributed by atoms with Gasteiger partial charge in [0.2, 0.25) is 10.0 Å². The van der Waals surface area contributed by atoms with E-state index in [4.69, 9.17) is 16.6 Å². The Balaban J connectivity index is 1.28. The van der Waals surface area contributed by atoms with E-state index in [-0.39, 0.29) is 16.7 Å². The molecule has 194 valence electrons. The second-order valence-corrected chi connectivity index (χ2v) is 12.5. The molecule has 0 bridgehead atoms. The van der Waals surface area contributed by atoms with Crippen molar-refractivity contribution in [2.45, 2.75) is 23.8 Å². The Morgan fingerprint density at radius 1 is 1.03 bits per heavy atom. The first-order valence-electron chi connectivity index (χ1n) is 12.3. The van der Waals surface area contributed by atoms with E-state index in [2.05, 4.69) is 15.8 Å². The number of anilines is 1. The topological polar surface area (TPSA) is 86.9 Å². The first-order valence-corrected chi connectivity index (χ1v) is 15.0. The number of hydrogen-bond donors (Lipinski definition) is 2. The smallest absolute Gasteiger partial charge is 0.243 e. The fraction of sp³-hybridized carbons (Fsp3) is 0.179. The minimum absolute atomic E-state index is 0.0294. The van der Waals surface area contributed by atoms with Crippen molar-refractivity contribution in [3.8, 4) is 28.3 Å². The van der Waals surface area contributed by atoms with Gasteiger partial charge in [0.05, 0.1) is 16.3 Å². The Morgan fingerprint density at radius 2 is 1.82 bits per heavy atom. The molecule has 0 spiro atoms. The van der Waals surface area contributed by atoms with Crippen molar-refractivity contribution < 1.29 is 13.5 Å². The Hall–Kier alpha value is -3.37. The number of nitrogens with zero attached hydrogens (tertiary/aromatic N) is 3. The molecule has 2 aromatic heterocycles. The van der Waals surface area contributed by atoms with Crippen molar-refractivity contribution in [1.29, 1.82) is 0 Å². The third-order valence-corrected chi connectivity index (χ3v) is 9.61. The molecule has 7 nitrogen and oxygen atoms in total. The molecule has 10 heteroatoms. The first-order chi connectivity index (χ1) is 18.4. The Morgan fingerprint density at radius 3 is 2.63 bits per heavy atom. The first kappa shape index (κ1) is 24.9. The van der Waals surface area contributed by atoms with Gasteiger partial charge in [-0.3, -0.25) is 4.40 Å². The van der Waals surface area contributed by atoms with Gasteiger partial charge in [0.25, 0.3) is 0 Å². The zero-order chi connectivity index (χ0) is 26.3. The van der Waals surface area contributed by atoms with E-state index in [0.29, 0.717) is 18.1 Å². The van der Waals surface area contributed by atoms with Gasteiger partial charge in [-0.1, -0.05) is 35.9 Å². The number of aromatic hydroxyl groups is 1. The fourth-order valence-electron chi connectivity index (χ4n) is 4.94. The van der Waals surface area contributed by atoms with E-state index in [1.807, 2.05) is 41.9 Å². The van der Waals surface area contributed by atoms with Crippen molar-refractivity contribution in [2.24, 2.45) is 0 Å². The molecule has 0 radical (unpaired) electrons. The lowest BCUT2D eigenvalue weighted by Crippen LogP contribution is -2.45. The van der Waals surface area contributed by atoms with Gasteiger partial charge in [-0.15, -0.1) is 11.3 Å². The van der Waals surface area contributed by atoms with Crippen LogP contribution in [-0.4, -0.2) is 46.3 Å². The van der Waals surface area contributed by atoms with Gasteiger partial charge in [-0.25, -0.2) is 13.4 Å². The summed E-state index contributed by atoms with van der Waals surface area (Å²) in [6.07, 6.45) is 3.63. The largest absolute Gasteiger partial charge is 0.508 e. The summed E-state index contributed by atoms with van der Waals surface area (Å²) in [7, 11) is -3.60. The van der Waals surface area contributed by atoms with E-state index in [9.17, 15) is 13.5 Å². The molecule has 1 atom stereocenters. The second kappa shape index (κ2) is 10.1. The van der Waals surface area contributed by atoms with Crippen molar-refractivity contribution in [3.05, 3.63) is 89.4 Å². The number of phenolic OH excluding ortho intramolecular Hbond substituents is 1. The quantitative estimate of drug-likeness (QED) is 0.251. The molecule has 1 saturated heterocycles. The number of piperidine rings is 1. The van der Waals surface area contributed by atoms with Crippen LogP contribution in [0.4, 0.5) is 5.69 Å². The molecule has 1 fully saturated rings. The predicted octanol–water partition coefficient (Wildman–Crippen LogP) is 6.35. The molecular formula is C28H25ClN4O3S2. The van der Waals surface area contributed by atoms with E-state index < -0.39 is 10.0 Å². The third-order valence-electron chi connectivity index (χ3n) is 6.72. The van der Waals surface area contributed by atoms with Crippen LogP contribution in [0.5, 0.6) is 5.75 Å². The van der Waals surface area contributed by atoms with Crippen LogP contribution in [-0.2, 0) is 10.0 Å². The van der Waals surface area contributed by atoms with Crippen LogP contribution < -0.4 is 5.32 Å². The normalized spacial score (nSPS) is 16.6. The number of benzene rings is 3. The lowest BCUT2D eigenvalue weighted by atomic mass is 10.0. The highest BCUT2D eigenvalue weighted by atomic mass is 35.5. The summed E-state index contributed by atoms with van der Waals surface area (Å²) in [6, 6.07) is 21.5. The number of aromatic nitrogens is 2. The highest BCUT2D eigenvalue weighted by Crippen LogP contribution is 2.36. The van der Waals surface area contributed by atoms with Gasteiger partial charge < -0.3 is 10.4 Å². The Kier molecular flexibility index (Phi) is 6.61. The minimum Gasteiger partial charge on any atom is -0.508 e. The molecule has 1 aliphatic heterocycles. The number of thiazole rings is 1. The molecule has 0 saturated carbocycles. The van der Waals surface area contributed by atoms with Crippen molar-refractivity contribution in [2.75, 3.05) is 18.4 Å². The highest BCUT2D eigenvalue weighted by Gasteiger charge is 2.30. The van der Waals surface area contributed by atoms with E-state index in [1.165, 1.54) is 0 Å². The summed E-state index contributed by atoms with van der Waals surface area (Å²) >= 11 is 7.51. The van der Waals surface area contributed by atoms with E-state index in [1.54, 1.807) is 52.0 Å². The van der Waals surface area contributed by atoms with Crippen molar-refractivity contribution >= 4 is 43.6 Å². The maximum atomic E-state index is 13.2. The average molecular weight is 565 g/mol. The summed E-state index contributed by atoms with van der Waals surface area (Å²) in [5.41, 5.74) is 4.45. The average Bonchev–Trinajstić information content (AvgIpc) is 3.51. The number of halogens is 1. The summed E-state index contributed by atoms with van der Waals surface area (Å²) in [5, 5.41) is 16.1. The zero-order valence-corrected chi connectivity index (χ0v) is 22.7. The van der Waals surface area contributed by atoms with Crippen molar-refractivity contribution in [1.82, 2.24) is 13.7 Å². The maximum Gasteiger partial charge on any atom is 0.243 e. The molecule has 0 aliphatic carbocycles. The second-order valence-electron chi connectivity index (χ2n) is 9.30. The monoisotopic (exact) mass is 564 g/mol. The molecule has 6 rings (SSSR count). The molecule has 3 aromatic carbocycles. The van der Waals surface area contributed by atoms with Crippen LogP contribution in [0, 0.1) is 0 Å². The molecular weight excluding hydrogens is 540 g/mol. The maximum absolute atomic E-state index is 13.2. The number of rotatable bonds is 6. The summed E-state index contributed by atoms with van der Waals surface area (Å²) < 4.78 is 30.1. The van der Waals surface area contributed by atoms with E-state index >= 15 is 0 Å². The highest BCUT2D eigenvalue weighted by molar-refractivity contribution is 7.89. The molecule has 0 unspecified atom stereocenters. The summed E-state index contributed by atoms with van der Waals surface area (Å²) in [6.45, 7) is 0.869. The minimum atomic E-state index is -3.60. The molecule has 3 heterocycles. The van der Waals surface area contributed by atoms with E-state index in [0.717, 1.165) is 46.0 Å². The molecule has 5 aromatic rings. The number of nitrogens with one attached hydrogen (secondary N) is 1. The van der Waals surface area contributed by atoms with Gasteiger partial charge in [-0.05, 0) is 61.4 Å². The van der Waals surface area contributed by atoms with Crippen LogP contribution in [0.2, 0.25) is 5.02 Å². The van der Waals surface area contributed by atoms with Crippen LogP contribution in [0.15, 0.2) is 89.3 Å². The van der Waals surface area contributed by atoms with Gasteiger partial charge >= 0.3 is 0 Å². The standard InChI is InChI=1S/C28H25ClN4O3S2/c29-21-9-11-25(12-10-21)38(35,36)32-13-3-7-23(18-32)30-22-6-1-5-20(16-22)27-26(19-4-2-8-24(34)17-19)31-28-33(27)14-15-37-28/h1-2,4-6,8-12,14-17,23,30,34H,3,7,13,18H2/t23-/m1/s1. The van der Waals surface area contributed by atoms with Crippen LogP contribution >= 0.6 is 22.9 Å². The number of hydrogen-bond acceptors (Lipinski definition) is 6. The van der Waals surface area contributed by atoms with Crippen LogP contribution in [0.3, 0.4) is 0 Å². The summed E-state index contributed by atoms with van der Waals surface area (Å²) in [5.74, 6) is 0.190. The third kappa shape index (κ3) is 4.78. The Labute approximate surface area is 230 Å². The molecule has 0 amide bonds. The van der Waals surface area contributed by atoms with Gasteiger partial charge in [0, 0.05) is 52.5 Å². The predicted molar refractivity (Wildman–Crippen MR) is 152 cm³/mol. The zero-order valence-electron chi connectivity index (χ0n) is 20.3. The molecule has 1 aliphatic rings. The SMILES string of the molecule is O=S(=O)(c1ccc(Cl)cc1)N1CCC[C@@H](Nc2cccc(-c3c(-c4cccc(O)c4)nc4sccn34)c2)C1. The van der Waals surface area contributed by atoms with Crippen molar-refractivity contribution in [3.63, 3.8) is 0 Å². The fourth-order valence-corrected chi connectivity index (χ4v) is 7.31.